The Morgan fingerprint density at radius 2 is 1.73 bits per heavy atom. The van der Waals surface area contributed by atoms with Gasteiger partial charge in [-0.2, -0.15) is 0 Å². The number of hydrogen-bond acceptors (Lipinski definition) is 4. The number of ether oxygens (including phenoxy) is 1. The van der Waals surface area contributed by atoms with Crippen LogP contribution in [-0.2, 0) is 9.84 Å². The van der Waals surface area contributed by atoms with Crippen molar-refractivity contribution >= 4 is 15.6 Å². The first-order valence-corrected chi connectivity index (χ1v) is 8.07. The topological polar surface area (TPSA) is 60.4 Å². The highest BCUT2D eigenvalue weighted by molar-refractivity contribution is 7.90. The van der Waals surface area contributed by atoms with Gasteiger partial charge in [0.15, 0.2) is 33.8 Å². The molecule has 2 rings (SSSR count). The summed E-state index contributed by atoms with van der Waals surface area (Å²) in [4.78, 5) is 12.0. The van der Waals surface area contributed by atoms with Crippen molar-refractivity contribution in [1.82, 2.24) is 0 Å². The van der Waals surface area contributed by atoms with Crippen LogP contribution in [0.2, 0.25) is 0 Å². The fraction of sp³-hybridized carbons (Fsp3) is 0.133. The third-order valence-corrected chi connectivity index (χ3v) is 3.99. The zero-order valence-electron chi connectivity index (χ0n) is 11.5. The number of Topliss-reactive ketones (excluding diaryl/α,β-unsaturated/α-hetero) is 1. The Labute approximate surface area is 126 Å². The van der Waals surface area contributed by atoms with Crippen LogP contribution < -0.4 is 4.74 Å². The molecule has 4 nitrogen and oxygen atoms in total. The fourth-order valence-electron chi connectivity index (χ4n) is 1.71. The van der Waals surface area contributed by atoms with Gasteiger partial charge in [0.25, 0.3) is 0 Å². The number of halogens is 2. The molecule has 0 N–H and O–H groups in total. The third kappa shape index (κ3) is 3.88. The summed E-state index contributed by atoms with van der Waals surface area (Å²) in [6.07, 6.45) is 1.06. The first-order chi connectivity index (χ1) is 10.3. The first-order valence-electron chi connectivity index (χ1n) is 6.18. The number of rotatable bonds is 5. The fourth-order valence-corrected chi connectivity index (χ4v) is 2.34. The molecular weight excluding hydrogens is 314 g/mol. The van der Waals surface area contributed by atoms with Crippen LogP contribution in [0.4, 0.5) is 8.78 Å². The molecule has 0 aliphatic heterocycles. The van der Waals surface area contributed by atoms with Gasteiger partial charge in [-0.25, -0.2) is 17.2 Å². The predicted octanol–water partition coefficient (Wildman–Crippen LogP) is 2.63. The summed E-state index contributed by atoms with van der Waals surface area (Å²) in [5, 5.41) is 0. The highest BCUT2D eigenvalue weighted by Gasteiger charge is 2.12. The summed E-state index contributed by atoms with van der Waals surface area (Å²) in [5.41, 5.74) is 0.231. The van der Waals surface area contributed by atoms with Gasteiger partial charge >= 0.3 is 0 Å². The second-order valence-electron chi connectivity index (χ2n) is 4.58. The van der Waals surface area contributed by atoms with Crippen LogP contribution in [0.15, 0.2) is 47.4 Å². The van der Waals surface area contributed by atoms with Crippen molar-refractivity contribution in [3.63, 3.8) is 0 Å². The average Bonchev–Trinajstić information content (AvgIpc) is 2.45. The normalized spacial score (nSPS) is 11.2. The van der Waals surface area contributed by atoms with E-state index in [1.165, 1.54) is 24.3 Å². The Morgan fingerprint density at radius 3 is 2.27 bits per heavy atom. The smallest absolute Gasteiger partial charge is 0.200 e. The molecule has 0 heterocycles. The quantitative estimate of drug-likeness (QED) is 0.793. The molecular formula is C15H12F2O4S. The van der Waals surface area contributed by atoms with Gasteiger partial charge in [-0.15, -0.1) is 0 Å². The number of ketones is 1. The van der Waals surface area contributed by atoms with Gasteiger partial charge in [-0.05, 0) is 36.4 Å². The minimum Gasteiger partial charge on any atom is -0.482 e. The molecule has 0 aromatic heterocycles. The van der Waals surface area contributed by atoms with Gasteiger partial charge in [-0.3, -0.25) is 4.79 Å². The van der Waals surface area contributed by atoms with E-state index in [-0.39, 0.29) is 16.2 Å². The molecule has 116 valence electrons. The van der Waals surface area contributed by atoms with Gasteiger partial charge in [-0.1, -0.05) is 0 Å². The van der Waals surface area contributed by atoms with Crippen molar-refractivity contribution in [2.75, 3.05) is 12.9 Å². The van der Waals surface area contributed by atoms with E-state index in [2.05, 4.69) is 0 Å². The summed E-state index contributed by atoms with van der Waals surface area (Å²) in [6, 6.07) is 8.07. The Kier molecular flexibility index (Phi) is 4.56. The zero-order valence-corrected chi connectivity index (χ0v) is 12.4. The zero-order chi connectivity index (χ0) is 16.3. The minimum absolute atomic E-state index is 0.0922. The van der Waals surface area contributed by atoms with Crippen LogP contribution in [0.1, 0.15) is 10.4 Å². The number of hydrogen-bond donors (Lipinski definition) is 0. The highest BCUT2D eigenvalue weighted by Crippen LogP contribution is 2.18. The molecule has 0 spiro atoms. The summed E-state index contributed by atoms with van der Waals surface area (Å²) >= 11 is 0. The molecule has 22 heavy (non-hydrogen) atoms. The lowest BCUT2D eigenvalue weighted by atomic mass is 10.1. The van der Waals surface area contributed by atoms with Crippen LogP contribution in [0, 0.1) is 11.6 Å². The molecule has 0 fully saturated rings. The van der Waals surface area contributed by atoms with Gasteiger partial charge < -0.3 is 4.74 Å². The monoisotopic (exact) mass is 326 g/mol. The molecule has 0 saturated heterocycles. The van der Waals surface area contributed by atoms with E-state index in [9.17, 15) is 22.0 Å². The standard InChI is InChI=1S/C15H12F2O4S/c1-22(19,20)12-5-2-10(3-6-12)14(18)9-21-15-7-4-11(16)8-13(15)17/h2-8H,9H2,1H3. The Hall–Kier alpha value is -2.28. The summed E-state index contributed by atoms with van der Waals surface area (Å²) in [6.45, 7) is -0.444. The molecule has 0 amide bonds. The largest absolute Gasteiger partial charge is 0.482 e. The number of benzene rings is 2. The molecule has 2 aromatic rings. The number of carbonyl (C=O) groups excluding carboxylic acids is 1. The number of carbonyl (C=O) groups is 1. The lowest BCUT2D eigenvalue weighted by Crippen LogP contribution is -2.12. The van der Waals surface area contributed by atoms with Crippen molar-refractivity contribution in [3.8, 4) is 5.75 Å². The van der Waals surface area contributed by atoms with Crippen LogP contribution in [0.25, 0.3) is 0 Å². The summed E-state index contributed by atoms with van der Waals surface area (Å²) in [5.74, 6) is -2.33. The van der Waals surface area contributed by atoms with E-state index in [0.717, 1.165) is 18.4 Å². The Morgan fingerprint density at radius 1 is 1.09 bits per heavy atom. The van der Waals surface area contributed by atoms with Crippen LogP contribution in [0.5, 0.6) is 5.75 Å². The lowest BCUT2D eigenvalue weighted by Gasteiger charge is -2.07. The van der Waals surface area contributed by atoms with Gasteiger partial charge in [0.2, 0.25) is 0 Å². The van der Waals surface area contributed by atoms with E-state index in [1.807, 2.05) is 0 Å². The van der Waals surface area contributed by atoms with Gasteiger partial charge in [0.1, 0.15) is 5.82 Å². The highest BCUT2D eigenvalue weighted by atomic mass is 32.2. The number of sulfone groups is 1. The van der Waals surface area contributed by atoms with Crippen LogP contribution in [0.3, 0.4) is 0 Å². The molecule has 0 saturated carbocycles. The van der Waals surface area contributed by atoms with E-state index in [4.69, 9.17) is 4.74 Å². The Balaban J connectivity index is 2.06. The van der Waals surface area contributed by atoms with Crippen LogP contribution >= 0.6 is 0 Å². The van der Waals surface area contributed by atoms with E-state index >= 15 is 0 Å². The molecule has 0 radical (unpaired) electrons. The van der Waals surface area contributed by atoms with Crippen LogP contribution in [-0.4, -0.2) is 27.1 Å². The van der Waals surface area contributed by atoms with E-state index < -0.39 is 33.9 Å². The van der Waals surface area contributed by atoms with Crippen molar-refractivity contribution in [3.05, 3.63) is 59.7 Å². The van der Waals surface area contributed by atoms with Crippen molar-refractivity contribution < 1.29 is 26.7 Å². The van der Waals surface area contributed by atoms with Crippen molar-refractivity contribution in [2.24, 2.45) is 0 Å². The van der Waals surface area contributed by atoms with Crippen molar-refractivity contribution in [2.45, 2.75) is 4.90 Å². The third-order valence-electron chi connectivity index (χ3n) is 2.86. The maximum Gasteiger partial charge on any atom is 0.200 e. The Bertz CT molecular complexity index is 799. The molecule has 2 aromatic carbocycles. The lowest BCUT2D eigenvalue weighted by molar-refractivity contribution is 0.0918. The molecule has 7 heteroatoms. The molecule has 0 aliphatic carbocycles. The van der Waals surface area contributed by atoms with Crippen molar-refractivity contribution in [1.29, 1.82) is 0 Å². The van der Waals surface area contributed by atoms with Gasteiger partial charge in [0, 0.05) is 17.9 Å². The molecule has 0 atom stereocenters. The average molecular weight is 326 g/mol. The SMILES string of the molecule is CS(=O)(=O)c1ccc(C(=O)COc2ccc(F)cc2F)cc1. The predicted molar refractivity (Wildman–Crippen MR) is 75.7 cm³/mol. The first kappa shape index (κ1) is 16.1. The molecule has 0 unspecified atom stereocenters. The maximum absolute atomic E-state index is 13.3. The minimum atomic E-state index is -3.34. The second-order valence-corrected chi connectivity index (χ2v) is 6.60. The van der Waals surface area contributed by atoms with E-state index in [0.29, 0.717) is 6.07 Å². The summed E-state index contributed by atoms with van der Waals surface area (Å²) < 4.78 is 53.7. The van der Waals surface area contributed by atoms with Gasteiger partial charge in [0.05, 0.1) is 4.90 Å². The van der Waals surface area contributed by atoms with E-state index in [1.54, 1.807) is 0 Å². The summed E-state index contributed by atoms with van der Waals surface area (Å²) in [7, 11) is -3.34. The second kappa shape index (κ2) is 6.23. The molecule has 0 aliphatic rings. The maximum atomic E-state index is 13.3. The molecule has 0 bridgehead atoms.